The zero-order valence-corrected chi connectivity index (χ0v) is 13.5. The highest BCUT2D eigenvalue weighted by Crippen LogP contribution is 2.29. The third-order valence-corrected chi connectivity index (χ3v) is 3.35. The number of benzene rings is 1. The van der Waals surface area contributed by atoms with Crippen molar-refractivity contribution in [1.29, 1.82) is 0 Å². The van der Waals surface area contributed by atoms with Crippen LogP contribution in [0.5, 0.6) is 0 Å². The molecule has 0 saturated heterocycles. The molecule has 0 radical (unpaired) electrons. The Morgan fingerprint density at radius 1 is 1.11 bits per heavy atom. The number of hydrogen-bond acceptors (Lipinski definition) is 1. The Hall–Kier alpha value is -1.22. The number of rotatable bonds is 3. The predicted octanol–water partition coefficient (Wildman–Crippen LogP) is 3.10. The highest BCUT2D eigenvalue weighted by molar-refractivity contribution is 6.31. The van der Waals surface area contributed by atoms with Crippen molar-refractivity contribution >= 4 is 17.6 Å². The van der Waals surface area contributed by atoms with Crippen molar-refractivity contribution in [2.75, 3.05) is 34.7 Å². The van der Waals surface area contributed by atoms with E-state index in [2.05, 4.69) is 19.9 Å². The molecule has 0 spiro atoms. The van der Waals surface area contributed by atoms with Gasteiger partial charge in [-0.2, -0.15) is 0 Å². The molecule has 4 heteroatoms. The van der Waals surface area contributed by atoms with E-state index in [4.69, 9.17) is 16.6 Å². The Bertz CT molecular complexity index is 440. The number of hydrogen-bond donors (Lipinski definition) is 0. The first-order valence-electron chi connectivity index (χ1n) is 6.40. The summed E-state index contributed by atoms with van der Waals surface area (Å²) in [7, 11) is 8.01. The van der Waals surface area contributed by atoms with E-state index >= 15 is 0 Å². The lowest BCUT2D eigenvalue weighted by molar-refractivity contribution is 0.464. The molecule has 106 valence electrons. The second kappa shape index (κ2) is 6.29. The zero-order chi connectivity index (χ0) is 14.6. The maximum Gasteiger partial charge on any atom is 0.195 e. The molecule has 0 aliphatic carbocycles. The Labute approximate surface area is 121 Å². The summed E-state index contributed by atoms with van der Waals surface area (Å²) < 4.78 is 0. The third-order valence-electron chi connectivity index (χ3n) is 3.02. The highest BCUT2D eigenvalue weighted by Gasteiger charge is 2.23. The minimum atomic E-state index is -0.0877. The van der Waals surface area contributed by atoms with Gasteiger partial charge in [0.1, 0.15) is 0 Å². The van der Waals surface area contributed by atoms with Crippen LogP contribution in [0.4, 0.5) is 0 Å². The van der Waals surface area contributed by atoms with Crippen molar-refractivity contribution < 1.29 is 0 Å². The molecular formula is C15H24ClN3. The van der Waals surface area contributed by atoms with Crippen LogP contribution in [-0.2, 0) is 5.41 Å². The molecule has 0 fully saturated rings. The van der Waals surface area contributed by atoms with Gasteiger partial charge >= 0.3 is 0 Å². The summed E-state index contributed by atoms with van der Waals surface area (Å²) in [5.74, 6) is 0.958. The van der Waals surface area contributed by atoms with E-state index in [0.29, 0.717) is 6.54 Å². The van der Waals surface area contributed by atoms with Crippen molar-refractivity contribution in [2.24, 2.45) is 4.99 Å². The van der Waals surface area contributed by atoms with Crippen molar-refractivity contribution in [2.45, 2.75) is 19.3 Å². The van der Waals surface area contributed by atoms with E-state index in [1.807, 2.05) is 56.2 Å². The molecule has 19 heavy (non-hydrogen) atoms. The van der Waals surface area contributed by atoms with E-state index in [1.54, 1.807) is 0 Å². The third kappa shape index (κ3) is 4.13. The molecule has 1 aromatic carbocycles. The fourth-order valence-electron chi connectivity index (χ4n) is 2.05. The molecule has 0 saturated carbocycles. The maximum atomic E-state index is 6.28. The highest BCUT2D eigenvalue weighted by atomic mass is 35.5. The summed E-state index contributed by atoms with van der Waals surface area (Å²) >= 11 is 6.28. The van der Waals surface area contributed by atoms with Gasteiger partial charge in [0.15, 0.2) is 5.96 Å². The molecule has 0 atom stereocenters. The topological polar surface area (TPSA) is 18.8 Å². The van der Waals surface area contributed by atoms with Crippen LogP contribution in [0.15, 0.2) is 29.3 Å². The first kappa shape index (κ1) is 15.8. The monoisotopic (exact) mass is 281 g/mol. The van der Waals surface area contributed by atoms with Gasteiger partial charge in [0.25, 0.3) is 0 Å². The summed E-state index contributed by atoms with van der Waals surface area (Å²) in [6.07, 6.45) is 0. The largest absolute Gasteiger partial charge is 0.349 e. The van der Waals surface area contributed by atoms with Crippen molar-refractivity contribution in [1.82, 2.24) is 9.80 Å². The van der Waals surface area contributed by atoms with Gasteiger partial charge in [-0.3, -0.25) is 4.99 Å². The summed E-state index contributed by atoms with van der Waals surface area (Å²) in [4.78, 5) is 8.75. The maximum absolute atomic E-state index is 6.28. The molecule has 0 bridgehead atoms. The number of halogens is 1. The Balaban J connectivity index is 2.97. The fraction of sp³-hybridized carbons (Fsp3) is 0.533. The molecule has 0 unspecified atom stereocenters. The molecule has 0 aliphatic rings. The first-order valence-corrected chi connectivity index (χ1v) is 6.77. The number of aliphatic imine (C=N–C) groups is 1. The summed E-state index contributed by atoms with van der Waals surface area (Å²) in [6, 6.07) is 7.98. The lowest BCUT2D eigenvalue weighted by atomic mass is 9.85. The fourth-order valence-corrected chi connectivity index (χ4v) is 2.44. The Morgan fingerprint density at radius 3 is 2.11 bits per heavy atom. The van der Waals surface area contributed by atoms with Crippen LogP contribution in [0.3, 0.4) is 0 Å². The van der Waals surface area contributed by atoms with Gasteiger partial charge in [0.2, 0.25) is 0 Å². The normalized spacial score (nSPS) is 11.1. The van der Waals surface area contributed by atoms with E-state index in [0.717, 1.165) is 16.5 Å². The minimum absolute atomic E-state index is 0.0877. The van der Waals surface area contributed by atoms with Crippen LogP contribution in [0.25, 0.3) is 0 Å². The molecule has 0 aliphatic heterocycles. The van der Waals surface area contributed by atoms with Crippen LogP contribution in [0.1, 0.15) is 19.4 Å². The minimum Gasteiger partial charge on any atom is -0.349 e. The predicted molar refractivity (Wildman–Crippen MR) is 84.2 cm³/mol. The quantitative estimate of drug-likeness (QED) is 0.626. The molecule has 0 aromatic heterocycles. The summed E-state index contributed by atoms with van der Waals surface area (Å²) in [5.41, 5.74) is 1.05. The van der Waals surface area contributed by atoms with E-state index in [9.17, 15) is 0 Å². The van der Waals surface area contributed by atoms with E-state index in [-0.39, 0.29) is 5.41 Å². The standard InChI is InChI=1S/C15H24ClN3/c1-15(2,12-9-7-8-10-13(12)16)11-17-14(18(3)4)19(5)6/h7-10H,11H2,1-6H3. The van der Waals surface area contributed by atoms with Gasteiger partial charge in [-0.05, 0) is 11.6 Å². The number of nitrogens with zero attached hydrogens (tertiary/aromatic N) is 3. The van der Waals surface area contributed by atoms with Crippen molar-refractivity contribution in [3.63, 3.8) is 0 Å². The Kier molecular flexibility index (Phi) is 5.24. The molecule has 0 heterocycles. The van der Waals surface area contributed by atoms with Gasteiger partial charge in [0, 0.05) is 38.6 Å². The Morgan fingerprint density at radius 2 is 1.63 bits per heavy atom. The van der Waals surface area contributed by atoms with Crippen LogP contribution < -0.4 is 0 Å². The summed E-state index contributed by atoms with van der Waals surface area (Å²) in [6.45, 7) is 5.03. The van der Waals surface area contributed by atoms with Gasteiger partial charge in [-0.25, -0.2) is 0 Å². The van der Waals surface area contributed by atoms with Gasteiger partial charge in [-0.15, -0.1) is 0 Å². The van der Waals surface area contributed by atoms with Gasteiger partial charge in [-0.1, -0.05) is 43.6 Å². The molecule has 1 aromatic rings. The zero-order valence-electron chi connectivity index (χ0n) is 12.7. The van der Waals surface area contributed by atoms with Crippen LogP contribution >= 0.6 is 11.6 Å². The second-order valence-corrected chi connectivity index (χ2v) is 6.18. The van der Waals surface area contributed by atoms with Crippen LogP contribution in [0, 0.1) is 0 Å². The lowest BCUT2D eigenvalue weighted by Gasteiger charge is -2.27. The van der Waals surface area contributed by atoms with Crippen molar-refractivity contribution in [3.05, 3.63) is 34.9 Å². The summed E-state index contributed by atoms with van der Waals surface area (Å²) in [5, 5.41) is 0.805. The SMILES string of the molecule is CN(C)C(=NCC(C)(C)c1ccccc1Cl)N(C)C. The molecule has 0 amide bonds. The van der Waals surface area contributed by atoms with E-state index < -0.39 is 0 Å². The van der Waals surface area contributed by atoms with E-state index in [1.165, 1.54) is 0 Å². The van der Waals surface area contributed by atoms with Gasteiger partial charge < -0.3 is 9.80 Å². The van der Waals surface area contributed by atoms with Crippen LogP contribution in [0.2, 0.25) is 5.02 Å². The average molecular weight is 282 g/mol. The van der Waals surface area contributed by atoms with Gasteiger partial charge in [0.05, 0.1) is 6.54 Å². The second-order valence-electron chi connectivity index (χ2n) is 5.77. The lowest BCUT2D eigenvalue weighted by Crippen LogP contribution is -2.36. The molecular weight excluding hydrogens is 258 g/mol. The van der Waals surface area contributed by atoms with Crippen LogP contribution in [-0.4, -0.2) is 50.5 Å². The number of guanidine groups is 1. The average Bonchev–Trinajstić information content (AvgIpc) is 2.28. The molecule has 3 nitrogen and oxygen atoms in total. The molecule has 0 N–H and O–H groups in total. The van der Waals surface area contributed by atoms with Crippen molar-refractivity contribution in [3.8, 4) is 0 Å². The molecule has 1 rings (SSSR count). The smallest absolute Gasteiger partial charge is 0.195 e. The first-order chi connectivity index (χ1) is 8.75.